The van der Waals surface area contributed by atoms with Crippen molar-refractivity contribution < 1.29 is 4.79 Å². The van der Waals surface area contributed by atoms with E-state index in [0.717, 1.165) is 6.42 Å². The molecule has 0 spiro atoms. The van der Waals surface area contributed by atoms with E-state index in [-0.39, 0.29) is 0 Å². The van der Waals surface area contributed by atoms with Crippen molar-refractivity contribution in [3.8, 4) is 11.8 Å². The molecule has 0 bridgehead atoms. The second-order valence-electron chi connectivity index (χ2n) is 1.82. The lowest BCUT2D eigenvalue weighted by molar-refractivity contribution is -0.118. The molecule has 0 aliphatic heterocycles. The van der Waals surface area contributed by atoms with Crippen molar-refractivity contribution in [2.75, 3.05) is 0 Å². The maximum absolute atomic E-state index is 10.6. The third-order valence-corrected chi connectivity index (χ3v) is 1.10. The molecule has 0 heterocycles. The summed E-state index contributed by atoms with van der Waals surface area (Å²) in [5.74, 6) is 5.89. The highest BCUT2D eigenvalue weighted by atomic mass is 16.1. The minimum atomic E-state index is 0.303. The molecule has 0 fully saturated rings. The van der Waals surface area contributed by atoms with Crippen LogP contribution in [0.15, 0.2) is 0 Å². The molecule has 0 N–H and O–H groups in total. The van der Waals surface area contributed by atoms with Gasteiger partial charge in [0.15, 0.2) is 0 Å². The number of Topliss-reactive ketones (excluding diaryl/α,β-unsaturated/α-hetero) is 1. The zero-order chi connectivity index (χ0) is 7.11. The molecule has 0 aromatic rings. The van der Waals surface area contributed by atoms with Gasteiger partial charge in [-0.3, -0.25) is 4.79 Å². The smallest absolute Gasteiger partial charge is 0.133 e. The van der Waals surface area contributed by atoms with Crippen molar-refractivity contribution in [2.45, 2.75) is 33.1 Å². The second kappa shape index (κ2) is 5.37. The number of hydrogen-bond donors (Lipinski definition) is 0. The summed E-state index contributed by atoms with van der Waals surface area (Å²) in [5.41, 5.74) is 0. The maximum Gasteiger partial charge on any atom is 0.133 e. The Balaban J connectivity index is 3.24. The molecule has 0 aliphatic carbocycles. The van der Waals surface area contributed by atoms with Gasteiger partial charge in [-0.15, -0.1) is 11.8 Å². The van der Waals surface area contributed by atoms with E-state index in [9.17, 15) is 4.79 Å². The van der Waals surface area contributed by atoms with E-state index in [0.29, 0.717) is 18.6 Å². The summed E-state index contributed by atoms with van der Waals surface area (Å²) in [6, 6.07) is 0. The van der Waals surface area contributed by atoms with E-state index in [2.05, 4.69) is 11.8 Å². The van der Waals surface area contributed by atoms with Crippen LogP contribution in [0.4, 0.5) is 0 Å². The number of rotatable bonds is 3. The van der Waals surface area contributed by atoms with Gasteiger partial charge in [-0.25, -0.2) is 0 Å². The third-order valence-electron chi connectivity index (χ3n) is 1.10. The largest absolute Gasteiger partial charge is 0.300 e. The summed E-state index contributed by atoms with van der Waals surface area (Å²) < 4.78 is 0. The van der Waals surface area contributed by atoms with E-state index in [1.54, 1.807) is 6.92 Å². The number of hydrogen-bond acceptors (Lipinski definition) is 1. The number of carbonyl (C=O) groups excluding carboxylic acids is 1. The van der Waals surface area contributed by atoms with Gasteiger partial charge in [0.1, 0.15) is 5.78 Å². The fourth-order valence-corrected chi connectivity index (χ4v) is 0.504. The van der Waals surface area contributed by atoms with Crippen LogP contribution in [-0.2, 0) is 4.79 Å². The Hall–Kier alpha value is -0.770. The molecule has 50 valence electrons. The van der Waals surface area contributed by atoms with Crippen LogP contribution < -0.4 is 0 Å². The summed E-state index contributed by atoms with van der Waals surface area (Å²) in [5, 5.41) is 0. The van der Waals surface area contributed by atoms with E-state index >= 15 is 0 Å². The molecule has 0 unspecified atom stereocenters. The molecule has 0 aromatic carbocycles. The molecule has 0 aromatic heterocycles. The van der Waals surface area contributed by atoms with Gasteiger partial charge in [0.25, 0.3) is 0 Å². The summed E-state index contributed by atoms with van der Waals surface area (Å²) in [6.45, 7) is 3.66. The molecule has 0 radical (unpaired) electrons. The van der Waals surface area contributed by atoms with Crippen molar-refractivity contribution in [3.05, 3.63) is 0 Å². The Morgan fingerprint density at radius 2 is 2.22 bits per heavy atom. The van der Waals surface area contributed by atoms with Gasteiger partial charge in [0.05, 0.1) is 0 Å². The van der Waals surface area contributed by atoms with Crippen molar-refractivity contribution in [3.63, 3.8) is 0 Å². The van der Waals surface area contributed by atoms with Crippen LogP contribution in [0.3, 0.4) is 0 Å². The van der Waals surface area contributed by atoms with Crippen LogP contribution in [0, 0.1) is 11.8 Å². The van der Waals surface area contributed by atoms with Gasteiger partial charge >= 0.3 is 0 Å². The van der Waals surface area contributed by atoms with Crippen LogP contribution in [-0.4, -0.2) is 5.78 Å². The van der Waals surface area contributed by atoms with Crippen LogP contribution in [0.1, 0.15) is 33.1 Å². The van der Waals surface area contributed by atoms with Crippen LogP contribution >= 0.6 is 0 Å². The molecule has 0 saturated heterocycles. The van der Waals surface area contributed by atoms with Crippen LogP contribution in [0.25, 0.3) is 0 Å². The molecular formula is C8H12O. The molecule has 0 rings (SSSR count). The second-order valence-corrected chi connectivity index (χ2v) is 1.82. The molecule has 0 amide bonds. The van der Waals surface area contributed by atoms with Crippen molar-refractivity contribution in [1.29, 1.82) is 0 Å². The standard InChI is InChI=1S/C8H12O/c1-3-5-6-7-8(9)4-2/h4,6-7H2,1-2H3. The maximum atomic E-state index is 10.6. The zero-order valence-electron chi connectivity index (χ0n) is 6.03. The van der Waals surface area contributed by atoms with Crippen LogP contribution in [0.5, 0.6) is 0 Å². The van der Waals surface area contributed by atoms with Crippen LogP contribution in [0.2, 0.25) is 0 Å². The van der Waals surface area contributed by atoms with Gasteiger partial charge in [0, 0.05) is 19.3 Å². The van der Waals surface area contributed by atoms with Crippen molar-refractivity contribution in [2.24, 2.45) is 0 Å². The molecule has 1 nitrogen and oxygen atoms in total. The summed E-state index contributed by atoms with van der Waals surface area (Å²) in [6.07, 6.45) is 1.99. The topological polar surface area (TPSA) is 17.1 Å². The van der Waals surface area contributed by atoms with E-state index < -0.39 is 0 Å². The Morgan fingerprint density at radius 1 is 1.56 bits per heavy atom. The first kappa shape index (κ1) is 8.23. The van der Waals surface area contributed by atoms with E-state index in [4.69, 9.17) is 0 Å². The van der Waals surface area contributed by atoms with Gasteiger partial charge < -0.3 is 0 Å². The van der Waals surface area contributed by atoms with E-state index in [1.807, 2.05) is 6.92 Å². The average Bonchev–Trinajstić information content (AvgIpc) is 1.89. The molecule has 0 aliphatic rings. The highest BCUT2D eigenvalue weighted by molar-refractivity contribution is 5.78. The normalized spacial score (nSPS) is 7.78. The first-order valence-electron chi connectivity index (χ1n) is 3.22. The molecule has 0 saturated carbocycles. The fourth-order valence-electron chi connectivity index (χ4n) is 0.504. The SMILES string of the molecule is CC#CCCC(=O)CC. The molecule has 9 heavy (non-hydrogen) atoms. The first-order valence-corrected chi connectivity index (χ1v) is 3.22. The Bertz CT molecular complexity index is 136. The predicted octanol–water partition coefficient (Wildman–Crippen LogP) is 1.77. The Morgan fingerprint density at radius 3 is 2.67 bits per heavy atom. The summed E-state index contributed by atoms with van der Waals surface area (Å²) in [4.78, 5) is 10.6. The first-order chi connectivity index (χ1) is 4.31. The lowest BCUT2D eigenvalue weighted by atomic mass is 10.2. The molecular weight excluding hydrogens is 112 g/mol. The average molecular weight is 124 g/mol. The van der Waals surface area contributed by atoms with Gasteiger partial charge in [-0.1, -0.05) is 6.92 Å². The summed E-state index contributed by atoms with van der Waals surface area (Å²) in [7, 11) is 0. The molecule has 1 heteroatoms. The van der Waals surface area contributed by atoms with Gasteiger partial charge in [0.2, 0.25) is 0 Å². The highest BCUT2D eigenvalue weighted by Gasteiger charge is 1.93. The van der Waals surface area contributed by atoms with Gasteiger partial charge in [-0.05, 0) is 6.92 Å². The summed E-state index contributed by atoms with van der Waals surface area (Å²) >= 11 is 0. The van der Waals surface area contributed by atoms with Crippen molar-refractivity contribution in [1.82, 2.24) is 0 Å². The minimum absolute atomic E-state index is 0.303. The quantitative estimate of drug-likeness (QED) is 0.524. The van der Waals surface area contributed by atoms with E-state index in [1.165, 1.54) is 0 Å². The molecule has 0 atom stereocenters. The lowest BCUT2D eigenvalue weighted by Gasteiger charge is -1.87. The third kappa shape index (κ3) is 5.10. The number of ketones is 1. The van der Waals surface area contributed by atoms with Gasteiger partial charge in [-0.2, -0.15) is 0 Å². The Kier molecular flexibility index (Phi) is 4.91. The highest BCUT2D eigenvalue weighted by Crippen LogP contribution is 1.91. The fraction of sp³-hybridized carbons (Fsp3) is 0.625. The number of carbonyl (C=O) groups is 1. The monoisotopic (exact) mass is 124 g/mol. The van der Waals surface area contributed by atoms with Crippen molar-refractivity contribution >= 4 is 5.78 Å². The lowest BCUT2D eigenvalue weighted by Crippen LogP contribution is -1.92. The predicted molar refractivity (Wildman–Crippen MR) is 38.0 cm³/mol. The minimum Gasteiger partial charge on any atom is -0.300 e. The zero-order valence-corrected chi connectivity index (χ0v) is 6.03. The Labute approximate surface area is 56.5 Å².